The van der Waals surface area contributed by atoms with Crippen LogP contribution in [0.4, 0.5) is 5.69 Å². The van der Waals surface area contributed by atoms with Crippen molar-refractivity contribution in [2.45, 2.75) is 25.9 Å². The van der Waals surface area contributed by atoms with E-state index < -0.39 is 0 Å². The van der Waals surface area contributed by atoms with E-state index in [1.807, 2.05) is 0 Å². The van der Waals surface area contributed by atoms with Crippen molar-refractivity contribution < 1.29 is 14.3 Å². The predicted octanol–water partition coefficient (Wildman–Crippen LogP) is 1.43. The number of ether oxygens (including phenoxy) is 1. The van der Waals surface area contributed by atoms with Crippen LogP contribution in [-0.4, -0.2) is 36.2 Å². The molecule has 2 rings (SSSR count). The van der Waals surface area contributed by atoms with Gasteiger partial charge < -0.3 is 20.7 Å². The zero-order valence-electron chi connectivity index (χ0n) is 12.3. The Kier molecular flexibility index (Phi) is 5.85. The van der Waals surface area contributed by atoms with Gasteiger partial charge in [-0.25, -0.2) is 0 Å². The molecule has 1 aromatic carbocycles. The number of para-hydroxylation sites is 1. The molecule has 1 unspecified atom stereocenters. The molecule has 6 nitrogen and oxygen atoms in total. The van der Waals surface area contributed by atoms with E-state index in [4.69, 9.17) is 17.0 Å². The fraction of sp³-hybridized carbons (Fsp3) is 0.400. The van der Waals surface area contributed by atoms with E-state index in [0.29, 0.717) is 17.8 Å². The summed E-state index contributed by atoms with van der Waals surface area (Å²) in [6.07, 6.45) is 2.08. The van der Waals surface area contributed by atoms with Crippen molar-refractivity contribution in [2.75, 3.05) is 18.5 Å². The monoisotopic (exact) mass is 321 g/mol. The standard InChI is InChI=1S/C15H19N3O3S/c1-10(19)17-15(22)18-13-7-3-2-6-12(13)14(20)16-9-11-5-4-8-21-11/h2-3,6-7,11H,4-5,8-9H2,1H3,(H,16,20)(H2,17,18,19,22). The molecule has 0 radical (unpaired) electrons. The molecule has 22 heavy (non-hydrogen) atoms. The van der Waals surface area contributed by atoms with Gasteiger partial charge in [-0.1, -0.05) is 12.1 Å². The highest BCUT2D eigenvalue weighted by Crippen LogP contribution is 2.16. The largest absolute Gasteiger partial charge is 0.376 e. The van der Waals surface area contributed by atoms with Crippen molar-refractivity contribution in [2.24, 2.45) is 0 Å². The smallest absolute Gasteiger partial charge is 0.253 e. The molecule has 7 heteroatoms. The number of hydrogen-bond donors (Lipinski definition) is 3. The summed E-state index contributed by atoms with van der Waals surface area (Å²) in [6.45, 7) is 2.61. The van der Waals surface area contributed by atoms with Gasteiger partial charge in [0.2, 0.25) is 5.91 Å². The highest BCUT2D eigenvalue weighted by Gasteiger charge is 2.18. The molecular weight excluding hydrogens is 302 g/mol. The zero-order chi connectivity index (χ0) is 15.9. The van der Waals surface area contributed by atoms with Crippen molar-refractivity contribution in [3.8, 4) is 0 Å². The highest BCUT2D eigenvalue weighted by molar-refractivity contribution is 7.80. The second-order valence-corrected chi connectivity index (χ2v) is 5.43. The van der Waals surface area contributed by atoms with Gasteiger partial charge in [0.1, 0.15) is 0 Å². The number of carbonyl (C=O) groups is 2. The lowest BCUT2D eigenvalue weighted by Crippen LogP contribution is -2.34. The average Bonchev–Trinajstić information content (AvgIpc) is 2.97. The Labute approximate surface area is 134 Å². The predicted molar refractivity (Wildman–Crippen MR) is 87.8 cm³/mol. The summed E-state index contributed by atoms with van der Waals surface area (Å²) in [5.41, 5.74) is 1.01. The maximum Gasteiger partial charge on any atom is 0.253 e. The number of rotatable bonds is 4. The van der Waals surface area contributed by atoms with Crippen LogP contribution in [0.5, 0.6) is 0 Å². The normalized spacial score (nSPS) is 16.9. The van der Waals surface area contributed by atoms with Crippen LogP contribution in [0, 0.1) is 0 Å². The molecule has 3 N–H and O–H groups in total. The van der Waals surface area contributed by atoms with E-state index in [-0.39, 0.29) is 23.0 Å². The third kappa shape index (κ3) is 4.78. The number of amides is 2. The Morgan fingerprint density at radius 3 is 2.82 bits per heavy atom. The van der Waals surface area contributed by atoms with Crippen molar-refractivity contribution in [1.82, 2.24) is 10.6 Å². The lowest BCUT2D eigenvalue weighted by atomic mass is 10.1. The first-order chi connectivity index (χ1) is 10.6. The minimum absolute atomic E-state index is 0.0875. The first-order valence-electron chi connectivity index (χ1n) is 7.13. The molecule has 1 heterocycles. The fourth-order valence-electron chi connectivity index (χ4n) is 2.21. The first-order valence-corrected chi connectivity index (χ1v) is 7.54. The summed E-state index contributed by atoms with van der Waals surface area (Å²) in [6, 6.07) is 6.99. The van der Waals surface area contributed by atoms with E-state index in [1.165, 1.54) is 6.92 Å². The summed E-state index contributed by atoms with van der Waals surface area (Å²) in [5, 5.41) is 8.34. The topological polar surface area (TPSA) is 79.5 Å². The maximum absolute atomic E-state index is 12.3. The summed E-state index contributed by atoms with van der Waals surface area (Å²) < 4.78 is 5.48. The highest BCUT2D eigenvalue weighted by atomic mass is 32.1. The third-order valence-electron chi connectivity index (χ3n) is 3.22. The van der Waals surface area contributed by atoms with E-state index in [0.717, 1.165) is 19.4 Å². The quantitative estimate of drug-likeness (QED) is 0.731. The molecule has 0 saturated carbocycles. The summed E-state index contributed by atoms with van der Waals surface area (Å²) >= 11 is 5.02. The lowest BCUT2D eigenvalue weighted by molar-refractivity contribution is -0.117. The van der Waals surface area contributed by atoms with Gasteiger partial charge in [-0.05, 0) is 37.2 Å². The Morgan fingerprint density at radius 1 is 1.36 bits per heavy atom. The van der Waals surface area contributed by atoms with Crippen molar-refractivity contribution in [1.29, 1.82) is 0 Å². The second-order valence-electron chi connectivity index (χ2n) is 5.03. The van der Waals surface area contributed by atoms with Gasteiger partial charge in [0.05, 0.1) is 17.4 Å². The van der Waals surface area contributed by atoms with Crippen LogP contribution in [-0.2, 0) is 9.53 Å². The van der Waals surface area contributed by atoms with Crippen molar-refractivity contribution >= 4 is 34.8 Å². The van der Waals surface area contributed by atoms with E-state index in [9.17, 15) is 9.59 Å². The Bertz CT molecular complexity index is 571. The molecule has 118 valence electrons. The molecule has 0 aliphatic carbocycles. The number of carbonyl (C=O) groups excluding carboxylic acids is 2. The van der Waals surface area contributed by atoms with E-state index >= 15 is 0 Å². The molecule has 1 fully saturated rings. The molecular formula is C15H19N3O3S. The average molecular weight is 321 g/mol. The van der Waals surface area contributed by atoms with Gasteiger partial charge in [-0.15, -0.1) is 0 Å². The summed E-state index contributed by atoms with van der Waals surface area (Å²) in [4.78, 5) is 23.3. The number of anilines is 1. The molecule has 1 atom stereocenters. The first kappa shape index (κ1) is 16.4. The molecule has 0 spiro atoms. The molecule has 1 aliphatic rings. The number of hydrogen-bond acceptors (Lipinski definition) is 4. The van der Waals surface area contributed by atoms with Gasteiger partial charge >= 0.3 is 0 Å². The number of thiocarbonyl (C=S) groups is 1. The Morgan fingerprint density at radius 2 is 2.14 bits per heavy atom. The Balaban J connectivity index is 1.98. The van der Waals surface area contributed by atoms with Gasteiger partial charge in [-0.2, -0.15) is 0 Å². The van der Waals surface area contributed by atoms with E-state index in [1.54, 1.807) is 24.3 Å². The lowest BCUT2D eigenvalue weighted by Gasteiger charge is -2.14. The van der Waals surface area contributed by atoms with Crippen LogP contribution in [0.15, 0.2) is 24.3 Å². The molecule has 1 aromatic rings. The van der Waals surface area contributed by atoms with E-state index in [2.05, 4.69) is 16.0 Å². The molecule has 1 saturated heterocycles. The summed E-state index contributed by atoms with van der Waals surface area (Å²) in [5.74, 6) is -0.470. The number of nitrogens with one attached hydrogen (secondary N) is 3. The molecule has 2 amide bonds. The number of benzene rings is 1. The minimum Gasteiger partial charge on any atom is -0.376 e. The molecule has 1 aliphatic heterocycles. The fourth-order valence-corrected chi connectivity index (χ4v) is 2.46. The SMILES string of the molecule is CC(=O)NC(=S)Nc1ccccc1C(=O)NCC1CCCO1. The van der Waals surface area contributed by atoms with Gasteiger partial charge in [0.25, 0.3) is 5.91 Å². The third-order valence-corrected chi connectivity index (χ3v) is 3.43. The zero-order valence-corrected chi connectivity index (χ0v) is 13.2. The minimum atomic E-state index is -0.266. The van der Waals surface area contributed by atoms with Crippen molar-refractivity contribution in [3.63, 3.8) is 0 Å². The molecule has 0 bridgehead atoms. The van der Waals surface area contributed by atoms with Crippen LogP contribution in [0.3, 0.4) is 0 Å². The van der Waals surface area contributed by atoms with Gasteiger partial charge in [0, 0.05) is 20.1 Å². The Hall–Kier alpha value is -1.99. The van der Waals surface area contributed by atoms with Crippen LogP contribution < -0.4 is 16.0 Å². The van der Waals surface area contributed by atoms with Gasteiger partial charge in [0.15, 0.2) is 5.11 Å². The molecule has 0 aromatic heterocycles. The summed E-state index contributed by atoms with van der Waals surface area (Å²) in [7, 11) is 0. The van der Waals surface area contributed by atoms with Crippen LogP contribution in [0.25, 0.3) is 0 Å². The van der Waals surface area contributed by atoms with Gasteiger partial charge in [-0.3, -0.25) is 9.59 Å². The van der Waals surface area contributed by atoms with Crippen LogP contribution in [0.2, 0.25) is 0 Å². The maximum atomic E-state index is 12.3. The van der Waals surface area contributed by atoms with Crippen molar-refractivity contribution in [3.05, 3.63) is 29.8 Å². The van der Waals surface area contributed by atoms with Crippen LogP contribution >= 0.6 is 12.2 Å². The van der Waals surface area contributed by atoms with Crippen LogP contribution in [0.1, 0.15) is 30.1 Å². The second kappa shape index (κ2) is 7.86.